The maximum atomic E-state index is 11.9. The van der Waals surface area contributed by atoms with Gasteiger partial charge in [0.05, 0.1) is 12.8 Å². The lowest BCUT2D eigenvalue weighted by atomic mass is 10.1. The van der Waals surface area contributed by atoms with Crippen LogP contribution in [-0.2, 0) is 9.53 Å². The number of ether oxygens (including phenoxy) is 2. The maximum absolute atomic E-state index is 11.9. The van der Waals surface area contributed by atoms with Crippen molar-refractivity contribution in [3.63, 3.8) is 0 Å². The Morgan fingerprint density at radius 1 is 1.05 bits per heavy atom. The molecule has 0 aliphatic heterocycles. The van der Waals surface area contributed by atoms with Crippen LogP contribution < -0.4 is 10.5 Å². The molecule has 2 rings (SSSR count). The summed E-state index contributed by atoms with van der Waals surface area (Å²) in [5, 5.41) is 0. The van der Waals surface area contributed by atoms with Crippen molar-refractivity contribution in [2.24, 2.45) is 5.73 Å². The summed E-state index contributed by atoms with van der Waals surface area (Å²) in [7, 11) is 1.29. The zero-order chi connectivity index (χ0) is 15.2. The first-order valence-electron chi connectivity index (χ1n) is 6.50. The molecule has 0 aliphatic rings. The van der Waals surface area contributed by atoms with Gasteiger partial charge in [-0.2, -0.15) is 0 Å². The smallest absolute Gasteiger partial charge is 0.376 e. The van der Waals surface area contributed by atoms with Crippen LogP contribution in [0.15, 0.2) is 60.4 Å². The molecule has 2 aromatic carbocycles. The lowest BCUT2D eigenvalue weighted by molar-refractivity contribution is -0.138. The first-order chi connectivity index (χ1) is 10.1. The molecule has 0 radical (unpaired) electrons. The summed E-state index contributed by atoms with van der Waals surface area (Å²) in [5.74, 6) is -0.0959. The third-order valence-electron chi connectivity index (χ3n) is 2.91. The van der Waals surface area contributed by atoms with Gasteiger partial charge in [-0.1, -0.05) is 42.5 Å². The van der Waals surface area contributed by atoms with Crippen LogP contribution in [0.25, 0.3) is 5.70 Å². The summed E-state index contributed by atoms with van der Waals surface area (Å²) in [6.07, 6.45) is 0. The second-order valence-corrected chi connectivity index (χ2v) is 4.52. The monoisotopic (exact) mass is 283 g/mol. The van der Waals surface area contributed by atoms with Gasteiger partial charge in [0.1, 0.15) is 5.75 Å². The molecule has 0 amide bonds. The van der Waals surface area contributed by atoms with E-state index in [-0.39, 0.29) is 11.5 Å². The van der Waals surface area contributed by atoms with E-state index in [1.54, 1.807) is 18.2 Å². The quantitative estimate of drug-likeness (QED) is 0.532. The van der Waals surface area contributed by atoms with Crippen molar-refractivity contribution in [3.05, 3.63) is 71.5 Å². The molecule has 2 N–H and O–H groups in total. The van der Waals surface area contributed by atoms with Gasteiger partial charge in [0.25, 0.3) is 0 Å². The van der Waals surface area contributed by atoms with Gasteiger partial charge in [0.15, 0.2) is 0 Å². The molecule has 0 atom stereocenters. The van der Waals surface area contributed by atoms with Gasteiger partial charge in [-0.15, -0.1) is 0 Å². The molecule has 0 aliphatic carbocycles. The fraction of sp³-hybridized carbons (Fsp3) is 0.118. The van der Waals surface area contributed by atoms with Gasteiger partial charge >= 0.3 is 5.97 Å². The zero-order valence-corrected chi connectivity index (χ0v) is 12.0. The van der Waals surface area contributed by atoms with E-state index in [0.29, 0.717) is 11.3 Å². The van der Waals surface area contributed by atoms with Gasteiger partial charge < -0.3 is 15.2 Å². The minimum atomic E-state index is -0.613. The fourth-order valence-electron chi connectivity index (χ4n) is 1.84. The Balaban J connectivity index is 2.41. The Labute approximate surface area is 123 Å². The normalized spacial score (nSPS) is 11.5. The average molecular weight is 283 g/mol. The first-order valence-corrected chi connectivity index (χ1v) is 6.50. The maximum Gasteiger partial charge on any atom is 0.376 e. The van der Waals surface area contributed by atoms with Crippen LogP contribution in [0, 0.1) is 6.92 Å². The lowest BCUT2D eigenvalue weighted by Crippen LogP contribution is -2.17. The summed E-state index contributed by atoms with van der Waals surface area (Å²) in [4.78, 5) is 11.9. The number of hydrogen-bond acceptors (Lipinski definition) is 4. The van der Waals surface area contributed by atoms with Crippen molar-refractivity contribution in [1.82, 2.24) is 0 Å². The van der Waals surface area contributed by atoms with Crippen molar-refractivity contribution < 1.29 is 14.3 Å². The molecular formula is C17H17NO3. The van der Waals surface area contributed by atoms with E-state index in [1.165, 1.54) is 7.11 Å². The van der Waals surface area contributed by atoms with Crippen molar-refractivity contribution in [1.29, 1.82) is 0 Å². The number of benzene rings is 2. The van der Waals surface area contributed by atoms with Crippen molar-refractivity contribution in [2.75, 3.05) is 7.11 Å². The number of rotatable bonds is 4. The molecule has 0 saturated carbocycles. The van der Waals surface area contributed by atoms with Crippen LogP contribution in [0.4, 0.5) is 0 Å². The summed E-state index contributed by atoms with van der Waals surface area (Å²) in [6, 6.07) is 16.5. The van der Waals surface area contributed by atoms with Crippen molar-refractivity contribution in [2.45, 2.75) is 6.92 Å². The molecule has 0 bridgehead atoms. The highest BCUT2D eigenvalue weighted by molar-refractivity contribution is 5.95. The highest BCUT2D eigenvalue weighted by Crippen LogP contribution is 2.21. The minimum absolute atomic E-state index is 0.0192. The van der Waals surface area contributed by atoms with E-state index >= 15 is 0 Å². The minimum Gasteiger partial charge on any atom is -0.463 e. The standard InChI is InChI=1S/C17H17NO3/c1-12-7-6-10-14(11-12)21-16(17(19)20-2)15(18)13-8-4-3-5-9-13/h3-11H,18H2,1-2H3. The number of carbonyl (C=O) groups is 1. The van der Waals surface area contributed by atoms with E-state index in [0.717, 1.165) is 5.56 Å². The molecule has 0 fully saturated rings. The molecular weight excluding hydrogens is 266 g/mol. The van der Waals surface area contributed by atoms with E-state index in [2.05, 4.69) is 0 Å². The summed E-state index contributed by atoms with van der Waals surface area (Å²) < 4.78 is 10.4. The number of methoxy groups -OCH3 is 1. The van der Waals surface area contributed by atoms with Crippen LogP contribution in [0.5, 0.6) is 5.75 Å². The lowest BCUT2D eigenvalue weighted by Gasteiger charge is -2.12. The van der Waals surface area contributed by atoms with Crippen LogP contribution >= 0.6 is 0 Å². The van der Waals surface area contributed by atoms with E-state index in [1.807, 2.05) is 43.3 Å². The molecule has 108 valence electrons. The summed E-state index contributed by atoms with van der Waals surface area (Å²) >= 11 is 0. The van der Waals surface area contributed by atoms with Crippen LogP contribution in [0.1, 0.15) is 11.1 Å². The van der Waals surface area contributed by atoms with Crippen LogP contribution in [0.2, 0.25) is 0 Å². The predicted octanol–water partition coefficient (Wildman–Crippen LogP) is 2.87. The van der Waals surface area contributed by atoms with E-state index < -0.39 is 5.97 Å². The molecule has 0 unspecified atom stereocenters. The molecule has 4 nitrogen and oxygen atoms in total. The molecule has 2 aromatic rings. The van der Waals surface area contributed by atoms with Gasteiger partial charge in [-0.25, -0.2) is 4.79 Å². The molecule has 0 spiro atoms. The SMILES string of the molecule is COC(=O)C(Oc1cccc(C)c1)=C(N)c1ccccc1. The van der Waals surface area contributed by atoms with Crippen LogP contribution in [0.3, 0.4) is 0 Å². The molecule has 0 saturated heterocycles. The summed E-state index contributed by atoms with van der Waals surface area (Å²) in [6.45, 7) is 1.94. The van der Waals surface area contributed by atoms with E-state index in [4.69, 9.17) is 15.2 Å². The Hall–Kier alpha value is -2.75. The number of nitrogens with two attached hydrogens (primary N) is 1. The van der Waals surface area contributed by atoms with E-state index in [9.17, 15) is 4.79 Å². The second-order valence-electron chi connectivity index (χ2n) is 4.52. The summed E-state index contributed by atoms with van der Waals surface area (Å²) in [5.41, 5.74) is 8.02. The van der Waals surface area contributed by atoms with Gasteiger partial charge in [-0.05, 0) is 24.6 Å². The number of esters is 1. The average Bonchev–Trinajstić information content (AvgIpc) is 2.52. The predicted molar refractivity (Wildman–Crippen MR) is 81.4 cm³/mol. The van der Waals surface area contributed by atoms with Gasteiger partial charge in [-0.3, -0.25) is 0 Å². The van der Waals surface area contributed by atoms with Crippen molar-refractivity contribution >= 4 is 11.7 Å². The fourth-order valence-corrected chi connectivity index (χ4v) is 1.84. The first kappa shape index (κ1) is 14.7. The topological polar surface area (TPSA) is 61.5 Å². The van der Waals surface area contributed by atoms with Crippen LogP contribution in [-0.4, -0.2) is 13.1 Å². The molecule has 21 heavy (non-hydrogen) atoms. The highest BCUT2D eigenvalue weighted by atomic mass is 16.6. The molecule has 0 aromatic heterocycles. The third kappa shape index (κ3) is 3.63. The Morgan fingerprint density at radius 2 is 1.76 bits per heavy atom. The van der Waals surface area contributed by atoms with Crippen molar-refractivity contribution in [3.8, 4) is 5.75 Å². The Bertz CT molecular complexity index is 663. The largest absolute Gasteiger partial charge is 0.463 e. The molecule has 0 heterocycles. The van der Waals surface area contributed by atoms with Gasteiger partial charge in [0.2, 0.25) is 5.76 Å². The Morgan fingerprint density at radius 3 is 2.38 bits per heavy atom. The number of aryl methyl sites for hydroxylation is 1. The number of carbonyl (C=O) groups excluding carboxylic acids is 1. The highest BCUT2D eigenvalue weighted by Gasteiger charge is 2.18. The third-order valence-corrected chi connectivity index (χ3v) is 2.91. The second kappa shape index (κ2) is 6.61. The number of hydrogen-bond donors (Lipinski definition) is 1. The van der Waals surface area contributed by atoms with Gasteiger partial charge in [0, 0.05) is 5.56 Å². The Kier molecular flexibility index (Phi) is 4.61. The molecule has 4 heteroatoms. The zero-order valence-electron chi connectivity index (χ0n) is 12.0.